The van der Waals surface area contributed by atoms with Crippen LogP contribution in [0.4, 0.5) is 5.82 Å². The van der Waals surface area contributed by atoms with Crippen LogP contribution in [0.15, 0.2) is 17.1 Å². The molecule has 1 saturated heterocycles. The SMILES string of the molecule is Nc1ccn([C@@H]2O[C@H](CO)C(I)[C@H]2O)c(=O)n1. The lowest BCUT2D eigenvalue weighted by Gasteiger charge is -2.16. The Kier molecular flexibility index (Phi) is 3.66. The van der Waals surface area contributed by atoms with E-state index >= 15 is 0 Å². The molecule has 4 N–H and O–H groups in total. The van der Waals surface area contributed by atoms with Crippen molar-refractivity contribution < 1.29 is 14.9 Å². The summed E-state index contributed by atoms with van der Waals surface area (Å²) in [7, 11) is 0. The first-order valence-corrected chi connectivity index (χ1v) is 6.22. The summed E-state index contributed by atoms with van der Waals surface area (Å²) in [6.45, 7) is -0.210. The van der Waals surface area contributed by atoms with Gasteiger partial charge in [0.2, 0.25) is 0 Å². The van der Waals surface area contributed by atoms with Gasteiger partial charge in [-0.05, 0) is 6.07 Å². The monoisotopic (exact) mass is 353 g/mol. The van der Waals surface area contributed by atoms with Crippen LogP contribution in [0.25, 0.3) is 0 Å². The molecule has 7 nitrogen and oxygen atoms in total. The van der Waals surface area contributed by atoms with Gasteiger partial charge in [0.25, 0.3) is 0 Å². The molecular formula is C9H12IN3O4. The maximum Gasteiger partial charge on any atom is 0.351 e. The zero-order valence-corrected chi connectivity index (χ0v) is 10.9. The van der Waals surface area contributed by atoms with Crippen molar-refractivity contribution in [2.24, 2.45) is 0 Å². The lowest BCUT2D eigenvalue weighted by molar-refractivity contribution is -0.0528. The number of aliphatic hydroxyl groups excluding tert-OH is 2. The third-order valence-corrected chi connectivity index (χ3v) is 4.13. The van der Waals surface area contributed by atoms with Gasteiger partial charge in [0.1, 0.15) is 11.9 Å². The molecule has 2 rings (SSSR count). The summed E-state index contributed by atoms with van der Waals surface area (Å²) in [5, 5.41) is 19.0. The Balaban J connectivity index is 2.32. The fourth-order valence-corrected chi connectivity index (χ4v) is 2.46. The Labute approximate surface area is 110 Å². The van der Waals surface area contributed by atoms with Crippen molar-refractivity contribution in [1.29, 1.82) is 0 Å². The fraction of sp³-hybridized carbons (Fsp3) is 0.556. The van der Waals surface area contributed by atoms with E-state index in [-0.39, 0.29) is 16.3 Å². The third kappa shape index (κ3) is 2.30. The topological polar surface area (TPSA) is 111 Å². The van der Waals surface area contributed by atoms with E-state index in [0.717, 1.165) is 0 Å². The molecular weight excluding hydrogens is 341 g/mol. The Morgan fingerprint density at radius 2 is 2.35 bits per heavy atom. The summed E-state index contributed by atoms with van der Waals surface area (Å²) in [6.07, 6.45) is -0.799. The highest BCUT2D eigenvalue weighted by Crippen LogP contribution is 2.33. The molecule has 1 unspecified atom stereocenters. The van der Waals surface area contributed by atoms with Crippen LogP contribution in [0.5, 0.6) is 0 Å². The number of ether oxygens (including phenoxy) is 1. The van der Waals surface area contributed by atoms with Gasteiger partial charge in [-0.1, -0.05) is 22.6 Å². The van der Waals surface area contributed by atoms with Crippen LogP contribution in [-0.4, -0.2) is 42.5 Å². The van der Waals surface area contributed by atoms with Crippen molar-refractivity contribution in [3.63, 3.8) is 0 Å². The Morgan fingerprint density at radius 3 is 2.88 bits per heavy atom. The van der Waals surface area contributed by atoms with E-state index in [1.807, 2.05) is 22.6 Å². The van der Waals surface area contributed by atoms with Crippen LogP contribution in [0.3, 0.4) is 0 Å². The summed E-state index contributed by atoms with van der Waals surface area (Å²) in [5.41, 5.74) is 4.79. The van der Waals surface area contributed by atoms with Crippen LogP contribution in [0.1, 0.15) is 6.23 Å². The van der Waals surface area contributed by atoms with E-state index in [0.29, 0.717) is 0 Å². The number of aliphatic hydroxyl groups is 2. The van der Waals surface area contributed by atoms with Gasteiger partial charge in [-0.25, -0.2) is 4.79 Å². The quantitative estimate of drug-likeness (QED) is 0.459. The first-order chi connectivity index (χ1) is 8.04. The van der Waals surface area contributed by atoms with Crippen LogP contribution in [0.2, 0.25) is 0 Å². The van der Waals surface area contributed by atoms with Gasteiger partial charge in [-0.2, -0.15) is 4.98 Å². The van der Waals surface area contributed by atoms with Crippen molar-refractivity contribution in [1.82, 2.24) is 9.55 Å². The van der Waals surface area contributed by atoms with Crippen LogP contribution >= 0.6 is 22.6 Å². The molecule has 1 fully saturated rings. The van der Waals surface area contributed by atoms with Crippen LogP contribution < -0.4 is 11.4 Å². The second-order valence-corrected chi connectivity index (χ2v) is 5.16. The van der Waals surface area contributed by atoms with E-state index in [4.69, 9.17) is 15.6 Å². The highest BCUT2D eigenvalue weighted by molar-refractivity contribution is 14.1. The maximum absolute atomic E-state index is 11.6. The molecule has 17 heavy (non-hydrogen) atoms. The number of nitrogens with zero attached hydrogens (tertiary/aromatic N) is 2. The van der Waals surface area contributed by atoms with Crippen molar-refractivity contribution in [2.45, 2.75) is 22.4 Å². The molecule has 0 radical (unpaired) electrons. The number of nitrogens with two attached hydrogens (primary N) is 1. The van der Waals surface area contributed by atoms with E-state index < -0.39 is 24.1 Å². The summed E-state index contributed by atoms with van der Waals surface area (Å²) >= 11 is 1.98. The van der Waals surface area contributed by atoms with Gasteiger partial charge < -0.3 is 20.7 Å². The lowest BCUT2D eigenvalue weighted by atomic mass is 10.2. The third-order valence-electron chi connectivity index (χ3n) is 2.59. The predicted octanol–water partition coefficient (Wildman–Crippen LogP) is -1.12. The smallest absolute Gasteiger partial charge is 0.351 e. The maximum atomic E-state index is 11.6. The first kappa shape index (κ1) is 12.7. The largest absolute Gasteiger partial charge is 0.394 e. The zero-order valence-electron chi connectivity index (χ0n) is 8.73. The Hall–Kier alpha value is -0.710. The van der Waals surface area contributed by atoms with Crippen LogP contribution in [0, 0.1) is 0 Å². The molecule has 0 saturated carbocycles. The molecule has 1 aliphatic rings. The zero-order chi connectivity index (χ0) is 12.6. The Bertz CT molecular complexity index is 466. The number of rotatable bonds is 2. The van der Waals surface area contributed by atoms with E-state index in [2.05, 4.69) is 4.98 Å². The molecule has 1 aromatic heterocycles. The minimum absolute atomic E-state index is 0.114. The van der Waals surface area contributed by atoms with E-state index in [1.54, 1.807) is 0 Å². The average molecular weight is 353 g/mol. The molecule has 94 valence electrons. The van der Waals surface area contributed by atoms with Crippen molar-refractivity contribution in [3.05, 3.63) is 22.7 Å². The molecule has 0 bridgehead atoms. The number of alkyl halides is 1. The summed E-state index contributed by atoms with van der Waals surface area (Å²) < 4.78 is 6.30. The second kappa shape index (κ2) is 4.88. The normalized spacial score (nSPS) is 32.9. The average Bonchev–Trinajstić information content (AvgIpc) is 2.57. The molecule has 1 aromatic rings. The molecule has 0 spiro atoms. The number of hydrogen-bond acceptors (Lipinski definition) is 6. The van der Waals surface area contributed by atoms with E-state index in [9.17, 15) is 9.90 Å². The first-order valence-electron chi connectivity index (χ1n) is 4.97. The highest BCUT2D eigenvalue weighted by Gasteiger charge is 2.43. The van der Waals surface area contributed by atoms with Crippen molar-refractivity contribution in [3.8, 4) is 0 Å². The minimum Gasteiger partial charge on any atom is -0.394 e. The molecule has 2 heterocycles. The minimum atomic E-state index is -0.879. The van der Waals surface area contributed by atoms with Gasteiger partial charge in [0, 0.05) is 6.20 Å². The summed E-state index contributed by atoms with van der Waals surface area (Å²) in [6, 6.07) is 1.45. The standard InChI is InChI=1S/C9H12IN3O4/c10-6-4(3-14)17-8(7(6)15)13-2-1-5(11)12-9(13)16/h1-2,4,6-8,14-15H,3H2,(H2,11,12,16)/t4-,6?,7-,8-/m1/s1. The molecule has 1 aliphatic heterocycles. The van der Waals surface area contributed by atoms with Gasteiger partial charge in [0.05, 0.1) is 16.6 Å². The van der Waals surface area contributed by atoms with Gasteiger partial charge in [0.15, 0.2) is 6.23 Å². The number of aromatic nitrogens is 2. The van der Waals surface area contributed by atoms with E-state index in [1.165, 1.54) is 16.8 Å². The van der Waals surface area contributed by atoms with Gasteiger partial charge in [-0.15, -0.1) is 0 Å². The lowest BCUT2D eigenvalue weighted by Crippen LogP contribution is -2.33. The van der Waals surface area contributed by atoms with Crippen molar-refractivity contribution >= 4 is 28.4 Å². The predicted molar refractivity (Wildman–Crippen MR) is 67.7 cm³/mol. The molecule has 0 amide bonds. The second-order valence-electron chi connectivity index (χ2n) is 3.72. The number of nitrogen functional groups attached to an aromatic ring is 1. The Morgan fingerprint density at radius 1 is 1.65 bits per heavy atom. The van der Waals surface area contributed by atoms with Crippen LogP contribution in [-0.2, 0) is 4.74 Å². The number of hydrogen-bond donors (Lipinski definition) is 3. The fourth-order valence-electron chi connectivity index (χ4n) is 1.71. The molecule has 0 aromatic carbocycles. The van der Waals surface area contributed by atoms with Gasteiger partial charge >= 0.3 is 5.69 Å². The molecule has 4 atom stereocenters. The molecule has 0 aliphatic carbocycles. The number of halogens is 1. The number of anilines is 1. The summed E-state index contributed by atoms with van der Waals surface area (Å²) in [4.78, 5) is 15.1. The van der Waals surface area contributed by atoms with Gasteiger partial charge in [-0.3, -0.25) is 4.57 Å². The molecule has 8 heteroatoms. The highest BCUT2D eigenvalue weighted by atomic mass is 127. The summed E-state index contributed by atoms with van der Waals surface area (Å²) in [5.74, 6) is 0.114. The van der Waals surface area contributed by atoms with Crippen molar-refractivity contribution in [2.75, 3.05) is 12.3 Å².